The van der Waals surface area contributed by atoms with E-state index in [1.165, 1.54) is 11.0 Å². The summed E-state index contributed by atoms with van der Waals surface area (Å²) in [5.74, 6) is -1.43. The molecule has 0 saturated heterocycles. The second-order valence-corrected chi connectivity index (χ2v) is 10.4. The highest BCUT2D eigenvalue weighted by Crippen LogP contribution is 2.34. The molecule has 4 rings (SSSR count). The summed E-state index contributed by atoms with van der Waals surface area (Å²) in [7, 11) is -3.73. The van der Waals surface area contributed by atoms with E-state index in [0.717, 1.165) is 42.5 Å². The van der Waals surface area contributed by atoms with E-state index in [9.17, 15) is 30.8 Å². The minimum Gasteiger partial charge on any atom is -0.480 e. The van der Waals surface area contributed by atoms with E-state index in [2.05, 4.69) is 0 Å². The molecule has 1 heterocycles. The molecule has 1 aliphatic rings. The molecule has 10 heteroatoms. The minimum atomic E-state index is -4.68. The highest BCUT2D eigenvalue weighted by molar-refractivity contribution is 7.90. The Morgan fingerprint density at radius 3 is 2.34 bits per heavy atom. The fourth-order valence-electron chi connectivity index (χ4n) is 3.84. The van der Waals surface area contributed by atoms with Crippen LogP contribution in [0.2, 0.25) is 0 Å². The van der Waals surface area contributed by atoms with Crippen molar-refractivity contribution in [1.82, 2.24) is 4.90 Å². The number of sulfone groups is 1. The maximum absolute atomic E-state index is 14.2. The fourth-order valence-corrected chi connectivity index (χ4v) is 4.49. The predicted octanol–water partition coefficient (Wildman–Crippen LogP) is 5.38. The molecule has 3 aromatic carbocycles. The number of fused-ring (bicyclic) bond motifs is 1. The first-order valence-electron chi connectivity index (χ1n) is 10.6. The van der Waals surface area contributed by atoms with Crippen LogP contribution >= 0.6 is 0 Å². The van der Waals surface area contributed by atoms with Gasteiger partial charge in [0.05, 0.1) is 10.5 Å². The lowest BCUT2D eigenvalue weighted by Gasteiger charge is -2.22. The summed E-state index contributed by atoms with van der Waals surface area (Å²) in [6, 6.07) is 14.7. The second-order valence-electron chi connectivity index (χ2n) is 8.36. The second kappa shape index (κ2) is 8.99. The molecule has 0 bridgehead atoms. The molecule has 184 valence electrons. The van der Waals surface area contributed by atoms with Gasteiger partial charge in [-0.3, -0.25) is 4.79 Å². The van der Waals surface area contributed by atoms with Gasteiger partial charge < -0.3 is 9.64 Å². The van der Waals surface area contributed by atoms with Gasteiger partial charge in [-0.1, -0.05) is 30.3 Å². The monoisotopic (exact) mass is 507 g/mol. The maximum Gasteiger partial charge on any atom is 0.425 e. The van der Waals surface area contributed by atoms with Crippen molar-refractivity contribution in [1.29, 1.82) is 0 Å². The first kappa shape index (κ1) is 24.7. The van der Waals surface area contributed by atoms with Crippen molar-refractivity contribution in [3.8, 4) is 16.9 Å². The topological polar surface area (TPSA) is 63.7 Å². The summed E-state index contributed by atoms with van der Waals surface area (Å²) in [4.78, 5) is 14.5. The normalized spacial score (nSPS) is 14.5. The van der Waals surface area contributed by atoms with Crippen molar-refractivity contribution in [3.05, 3.63) is 83.2 Å². The smallest absolute Gasteiger partial charge is 0.425 e. The Hall–Kier alpha value is -3.40. The zero-order valence-corrected chi connectivity index (χ0v) is 19.6. The van der Waals surface area contributed by atoms with Gasteiger partial charge in [-0.15, -0.1) is 0 Å². The standard InChI is InChI=1S/C25H21F4NO4S/c1-15(25(27,28)29)34-23-10-9-19(35(2,32)33)12-21(23)24(31)30-13-17-8-7-16(11-18(17)14-30)20-5-3-4-6-22(20)26/h3-12,15H,13-14H2,1-2H3/t15-/m0/s1. The molecule has 0 spiro atoms. The average molecular weight is 508 g/mol. The molecule has 0 unspecified atom stereocenters. The first-order valence-corrected chi connectivity index (χ1v) is 12.5. The molecule has 0 aromatic heterocycles. The summed E-state index contributed by atoms with van der Waals surface area (Å²) in [5.41, 5.74) is 2.29. The Morgan fingerprint density at radius 2 is 1.69 bits per heavy atom. The van der Waals surface area contributed by atoms with Crippen LogP contribution in [0.5, 0.6) is 5.75 Å². The first-order chi connectivity index (χ1) is 16.3. The van der Waals surface area contributed by atoms with Crippen LogP contribution in [0.1, 0.15) is 28.4 Å². The minimum absolute atomic E-state index is 0.119. The van der Waals surface area contributed by atoms with E-state index in [4.69, 9.17) is 4.74 Å². The van der Waals surface area contributed by atoms with E-state index in [0.29, 0.717) is 11.1 Å². The Labute approximate surface area is 199 Å². The van der Waals surface area contributed by atoms with Gasteiger partial charge in [0.15, 0.2) is 15.9 Å². The van der Waals surface area contributed by atoms with Crippen LogP contribution in [0.3, 0.4) is 0 Å². The van der Waals surface area contributed by atoms with Gasteiger partial charge in [0.2, 0.25) is 0 Å². The van der Waals surface area contributed by atoms with Crippen molar-refractivity contribution in [3.63, 3.8) is 0 Å². The Kier molecular flexibility index (Phi) is 6.35. The highest BCUT2D eigenvalue weighted by atomic mass is 32.2. The molecule has 0 saturated carbocycles. The van der Waals surface area contributed by atoms with Crippen LogP contribution in [0.4, 0.5) is 17.6 Å². The van der Waals surface area contributed by atoms with Gasteiger partial charge in [0.25, 0.3) is 5.91 Å². The van der Waals surface area contributed by atoms with Crippen molar-refractivity contribution in [2.24, 2.45) is 0 Å². The predicted molar refractivity (Wildman–Crippen MR) is 121 cm³/mol. The number of benzene rings is 3. The lowest BCUT2D eigenvalue weighted by atomic mass is 10.0. The quantitative estimate of drug-likeness (QED) is 0.435. The fraction of sp³-hybridized carbons (Fsp3) is 0.240. The molecule has 35 heavy (non-hydrogen) atoms. The van der Waals surface area contributed by atoms with Crippen LogP contribution in [-0.4, -0.2) is 37.8 Å². The number of halogens is 4. The Bertz CT molecular complexity index is 1400. The lowest BCUT2D eigenvalue weighted by Crippen LogP contribution is -2.32. The average Bonchev–Trinajstić information content (AvgIpc) is 3.21. The van der Waals surface area contributed by atoms with E-state index in [-0.39, 0.29) is 29.3 Å². The van der Waals surface area contributed by atoms with E-state index in [1.807, 2.05) is 0 Å². The highest BCUT2D eigenvalue weighted by Gasteiger charge is 2.39. The summed E-state index contributed by atoms with van der Waals surface area (Å²) in [6.07, 6.45) is -5.95. The summed E-state index contributed by atoms with van der Waals surface area (Å²) in [5, 5.41) is 0. The van der Waals surface area contributed by atoms with Crippen LogP contribution in [0.15, 0.2) is 65.6 Å². The molecule has 0 N–H and O–H groups in total. The number of amides is 1. The van der Waals surface area contributed by atoms with E-state index in [1.54, 1.807) is 36.4 Å². The number of alkyl halides is 3. The number of carbonyl (C=O) groups is 1. The molecule has 0 fully saturated rings. The molecule has 1 aliphatic heterocycles. The summed E-state index contributed by atoms with van der Waals surface area (Å²) < 4.78 is 82.5. The summed E-state index contributed by atoms with van der Waals surface area (Å²) >= 11 is 0. The van der Waals surface area contributed by atoms with Gasteiger partial charge in [-0.25, -0.2) is 12.8 Å². The third-order valence-corrected chi connectivity index (χ3v) is 6.89. The number of hydrogen-bond acceptors (Lipinski definition) is 4. The van der Waals surface area contributed by atoms with E-state index >= 15 is 0 Å². The zero-order chi connectivity index (χ0) is 25.5. The van der Waals surface area contributed by atoms with Gasteiger partial charge >= 0.3 is 6.18 Å². The van der Waals surface area contributed by atoms with Crippen molar-refractivity contribution >= 4 is 15.7 Å². The molecular weight excluding hydrogens is 486 g/mol. The van der Waals surface area contributed by atoms with Gasteiger partial charge in [-0.05, 0) is 53.9 Å². The maximum atomic E-state index is 14.2. The molecule has 1 amide bonds. The van der Waals surface area contributed by atoms with Crippen molar-refractivity contribution in [2.75, 3.05) is 6.26 Å². The summed E-state index contributed by atoms with van der Waals surface area (Å²) in [6.45, 7) is 1.07. The van der Waals surface area contributed by atoms with Crippen molar-refractivity contribution < 1.29 is 35.5 Å². The third kappa shape index (κ3) is 5.17. The largest absolute Gasteiger partial charge is 0.480 e. The van der Waals surface area contributed by atoms with E-state index < -0.39 is 33.8 Å². The molecule has 0 radical (unpaired) electrons. The number of nitrogens with zero attached hydrogens (tertiary/aromatic N) is 1. The molecule has 3 aromatic rings. The zero-order valence-electron chi connectivity index (χ0n) is 18.8. The number of hydrogen-bond donors (Lipinski definition) is 0. The Balaban J connectivity index is 1.66. The van der Waals surface area contributed by atoms with Crippen molar-refractivity contribution in [2.45, 2.75) is 37.2 Å². The molecule has 1 atom stereocenters. The molecule has 5 nitrogen and oxygen atoms in total. The number of carbonyl (C=O) groups excluding carboxylic acids is 1. The van der Waals surface area contributed by atoms with Gasteiger partial charge in [-0.2, -0.15) is 13.2 Å². The molecule has 0 aliphatic carbocycles. The molecular formula is C25H21F4NO4S. The van der Waals surface area contributed by atoms with Crippen LogP contribution < -0.4 is 4.74 Å². The van der Waals surface area contributed by atoms with Gasteiger partial charge in [0, 0.05) is 24.9 Å². The van der Waals surface area contributed by atoms with Crippen LogP contribution in [-0.2, 0) is 22.9 Å². The SMILES string of the molecule is C[C@H](Oc1ccc(S(C)(=O)=O)cc1C(=O)N1Cc2ccc(-c3ccccc3F)cc2C1)C(F)(F)F. The van der Waals surface area contributed by atoms with Crippen LogP contribution in [0.25, 0.3) is 11.1 Å². The van der Waals surface area contributed by atoms with Crippen LogP contribution in [0, 0.1) is 5.82 Å². The number of ether oxygens (including phenoxy) is 1. The third-order valence-electron chi connectivity index (χ3n) is 5.78. The Morgan fingerprint density at radius 1 is 1.00 bits per heavy atom. The lowest BCUT2D eigenvalue weighted by molar-refractivity contribution is -0.189. The van der Waals surface area contributed by atoms with Gasteiger partial charge in [0.1, 0.15) is 11.6 Å². The number of rotatable bonds is 5.